The molecular formula is C19H11ClN2O2. The van der Waals surface area contributed by atoms with E-state index in [0.717, 1.165) is 16.3 Å². The second-order valence-corrected chi connectivity index (χ2v) is 5.61. The van der Waals surface area contributed by atoms with Crippen molar-refractivity contribution in [3.8, 4) is 6.07 Å². The van der Waals surface area contributed by atoms with Gasteiger partial charge in [0.2, 0.25) is 0 Å². The lowest BCUT2D eigenvalue weighted by atomic mass is 10.00. The molecule has 3 rings (SSSR count). The normalized spacial score (nSPS) is 11.2. The van der Waals surface area contributed by atoms with Crippen LogP contribution in [0.5, 0.6) is 0 Å². The van der Waals surface area contributed by atoms with E-state index in [9.17, 15) is 15.4 Å². The van der Waals surface area contributed by atoms with Crippen LogP contribution in [0.2, 0.25) is 5.02 Å². The Labute approximate surface area is 143 Å². The Morgan fingerprint density at radius 3 is 2.54 bits per heavy atom. The van der Waals surface area contributed by atoms with E-state index in [1.165, 1.54) is 12.1 Å². The van der Waals surface area contributed by atoms with E-state index in [1.807, 2.05) is 42.5 Å². The monoisotopic (exact) mass is 334 g/mol. The molecule has 0 saturated carbocycles. The molecule has 0 heterocycles. The summed E-state index contributed by atoms with van der Waals surface area (Å²) in [5.74, 6) is 0. The molecule has 0 saturated heterocycles. The highest BCUT2D eigenvalue weighted by molar-refractivity contribution is 6.32. The molecule has 0 N–H and O–H groups in total. The average Bonchev–Trinajstić information content (AvgIpc) is 2.60. The van der Waals surface area contributed by atoms with Crippen LogP contribution in [-0.4, -0.2) is 4.92 Å². The molecule has 116 valence electrons. The fourth-order valence-electron chi connectivity index (χ4n) is 2.46. The van der Waals surface area contributed by atoms with Gasteiger partial charge in [-0.1, -0.05) is 54.1 Å². The Kier molecular flexibility index (Phi) is 4.28. The van der Waals surface area contributed by atoms with Crippen molar-refractivity contribution >= 4 is 39.7 Å². The van der Waals surface area contributed by atoms with Gasteiger partial charge in [0, 0.05) is 6.07 Å². The molecule has 0 bridgehead atoms. The maximum Gasteiger partial charge on any atom is 0.288 e. The molecule has 4 nitrogen and oxygen atoms in total. The molecule has 0 fully saturated rings. The van der Waals surface area contributed by atoms with Gasteiger partial charge in [-0.3, -0.25) is 10.1 Å². The van der Waals surface area contributed by atoms with Crippen molar-refractivity contribution in [3.05, 3.63) is 86.9 Å². The van der Waals surface area contributed by atoms with E-state index >= 15 is 0 Å². The molecule has 5 heteroatoms. The summed E-state index contributed by atoms with van der Waals surface area (Å²) in [6, 6.07) is 20.2. The van der Waals surface area contributed by atoms with Crippen LogP contribution in [0.3, 0.4) is 0 Å². The van der Waals surface area contributed by atoms with Crippen LogP contribution >= 0.6 is 11.6 Å². The molecule has 0 spiro atoms. The maximum atomic E-state index is 11.0. The van der Waals surface area contributed by atoms with Crippen molar-refractivity contribution in [3.63, 3.8) is 0 Å². The first-order chi connectivity index (χ1) is 11.6. The van der Waals surface area contributed by atoms with E-state index in [1.54, 1.807) is 12.1 Å². The van der Waals surface area contributed by atoms with Crippen molar-refractivity contribution in [1.82, 2.24) is 0 Å². The zero-order valence-corrected chi connectivity index (χ0v) is 13.2. The van der Waals surface area contributed by atoms with Gasteiger partial charge in [0.25, 0.3) is 5.69 Å². The summed E-state index contributed by atoms with van der Waals surface area (Å²) in [4.78, 5) is 10.4. The van der Waals surface area contributed by atoms with Gasteiger partial charge in [0.05, 0.1) is 16.6 Å². The Hall–Kier alpha value is -3.16. The number of hydrogen-bond donors (Lipinski definition) is 0. The number of nitro benzene ring substituents is 1. The van der Waals surface area contributed by atoms with Crippen LogP contribution in [0.1, 0.15) is 11.1 Å². The van der Waals surface area contributed by atoms with Crippen LogP contribution in [0.25, 0.3) is 22.4 Å². The highest BCUT2D eigenvalue weighted by Gasteiger charge is 2.12. The second kappa shape index (κ2) is 6.53. The van der Waals surface area contributed by atoms with Crippen molar-refractivity contribution < 1.29 is 4.92 Å². The summed E-state index contributed by atoms with van der Waals surface area (Å²) in [7, 11) is 0. The first-order valence-electron chi connectivity index (χ1n) is 7.13. The minimum Gasteiger partial charge on any atom is -0.258 e. The van der Waals surface area contributed by atoms with Crippen molar-refractivity contribution in [2.24, 2.45) is 0 Å². The number of hydrogen-bond acceptors (Lipinski definition) is 3. The molecule has 0 aliphatic heterocycles. The third kappa shape index (κ3) is 3.12. The molecule has 0 aliphatic carbocycles. The predicted octanol–water partition coefficient (Wildman–Crippen LogP) is 5.47. The van der Waals surface area contributed by atoms with Crippen LogP contribution < -0.4 is 0 Å². The average molecular weight is 335 g/mol. The zero-order chi connectivity index (χ0) is 17.1. The molecule has 3 aromatic carbocycles. The summed E-state index contributed by atoms with van der Waals surface area (Å²) < 4.78 is 0. The number of allylic oxidation sites excluding steroid dienone is 1. The molecule has 3 aromatic rings. The summed E-state index contributed by atoms with van der Waals surface area (Å²) in [5.41, 5.74) is 1.56. The minimum atomic E-state index is -0.540. The van der Waals surface area contributed by atoms with Crippen LogP contribution in [0, 0.1) is 21.4 Å². The topological polar surface area (TPSA) is 66.9 Å². The Balaban J connectivity index is 2.07. The number of fused-ring (bicyclic) bond motifs is 1. The van der Waals surface area contributed by atoms with E-state index in [2.05, 4.69) is 6.07 Å². The van der Waals surface area contributed by atoms with Crippen LogP contribution in [-0.2, 0) is 0 Å². The summed E-state index contributed by atoms with van der Waals surface area (Å²) in [6.07, 6.45) is 1.62. The van der Waals surface area contributed by atoms with Gasteiger partial charge < -0.3 is 0 Å². The number of halogens is 1. The number of nitrogens with zero attached hydrogens (tertiary/aromatic N) is 2. The molecule has 0 aromatic heterocycles. The molecule has 0 radical (unpaired) electrons. The number of nitro groups is 1. The van der Waals surface area contributed by atoms with E-state index < -0.39 is 4.92 Å². The lowest BCUT2D eigenvalue weighted by molar-refractivity contribution is -0.384. The van der Waals surface area contributed by atoms with Gasteiger partial charge in [-0.15, -0.1) is 0 Å². The van der Waals surface area contributed by atoms with Crippen molar-refractivity contribution in [1.29, 1.82) is 5.26 Å². The lowest BCUT2D eigenvalue weighted by Gasteiger charge is -2.03. The first kappa shape index (κ1) is 15.7. The quantitative estimate of drug-likeness (QED) is 0.276. The Bertz CT molecular complexity index is 1020. The SMILES string of the molecule is N#C/C(=C/c1ccc(Cl)c([N+](=O)[O-])c1)c1ccc2ccccc2c1. The largest absolute Gasteiger partial charge is 0.288 e. The van der Waals surface area contributed by atoms with Crippen molar-refractivity contribution in [2.45, 2.75) is 0 Å². The molecule has 0 atom stereocenters. The summed E-state index contributed by atoms with van der Waals surface area (Å²) in [6.45, 7) is 0. The van der Waals surface area contributed by atoms with Crippen LogP contribution in [0.4, 0.5) is 5.69 Å². The van der Waals surface area contributed by atoms with Gasteiger partial charge in [0.1, 0.15) is 5.02 Å². The third-order valence-corrected chi connectivity index (χ3v) is 3.98. The summed E-state index contributed by atoms with van der Waals surface area (Å²) >= 11 is 5.82. The fraction of sp³-hybridized carbons (Fsp3) is 0. The maximum absolute atomic E-state index is 11.0. The smallest absolute Gasteiger partial charge is 0.258 e. The molecular weight excluding hydrogens is 324 g/mol. The third-order valence-electron chi connectivity index (χ3n) is 3.66. The molecule has 24 heavy (non-hydrogen) atoms. The van der Waals surface area contributed by atoms with Gasteiger partial charge in [-0.2, -0.15) is 5.26 Å². The van der Waals surface area contributed by atoms with Crippen LogP contribution in [0.15, 0.2) is 60.7 Å². The standard InChI is InChI=1S/C19H11ClN2O2/c20-18-8-5-13(10-19(18)22(23)24)9-17(12-21)16-7-6-14-3-1-2-4-15(14)11-16/h1-11H/b17-9-. The lowest BCUT2D eigenvalue weighted by Crippen LogP contribution is -1.90. The first-order valence-corrected chi connectivity index (χ1v) is 7.51. The second-order valence-electron chi connectivity index (χ2n) is 5.20. The predicted molar refractivity (Wildman–Crippen MR) is 95.5 cm³/mol. The Morgan fingerprint density at radius 1 is 1.08 bits per heavy atom. The highest BCUT2D eigenvalue weighted by Crippen LogP contribution is 2.28. The van der Waals surface area contributed by atoms with E-state index in [-0.39, 0.29) is 10.7 Å². The van der Waals surface area contributed by atoms with E-state index in [0.29, 0.717) is 11.1 Å². The Morgan fingerprint density at radius 2 is 1.83 bits per heavy atom. The minimum absolute atomic E-state index is 0.0707. The van der Waals surface area contributed by atoms with Gasteiger partial charge in [0.15, 0.2) is 0 Å². The molecule has 0 aliphatic rings. The number of benzene rings is 3. The van der Waals surface area contributed by atoms with Crippen molar-refractivity contribution in [2.75, 3.05) is 0 Å². The molecule has 0 amide bonds. The van der Waals surface area contributed by atoms with Gasteiger partial charge >= 0.3 is 0 Å². The highest BCUT2D eigenvalue weighted by atomic mass is 35.5. The zero-order valence-electron chi connectivity index (χ0n) is 12.4. The van der Waals surface area contributed by atoms with E-state index in [4.69, 9.17) is 11.6 Å². The summed E-state index contributed by atoms with van der Waals surface area (Å²) in [5, 5.41) is 22.6. The molecule has 0 unspecified atom stereocenters. The van der Waals surface area contributed by atoms with Gasteiger partial charge in [-0.25, -0.2) is 0 Å². The number of rotatable bonds is 3. The number of nitriles is 1. The fourth-order valence-corrected chi connectivity index (χ4v) is 2.65. The van der Waals surface area contributed by atoms with Gasteiger partial charge in [-0.05, 0) is 40.1 Å².